The molecular weight excluding hydrogens is 539 g/mol. The molecule has 7 nitrogen and oxygen atoms in total. The van der Waals surface area contributed by atoms with Crippen LogP contribution in [-0.2, 0) is 33.9 Å². The number of amides is 1. The zero-order valence-corrected chi connectivity index (χ0v) is 23.7. The molecule has 3 aromatic carbocycles. The number of hydrogen-bond donors (Lipinski definition) is 2. The lowest BCUT2D eigenvalue weighted by Gasteiger charge is -2.14. The second-order valence-electron chi connectivity index (χ2n) is 8.70. The maximum atomic E-state index is 12.1. The molecule has 4 aromatic rings. The summed E-state index contributed by atoms with van der Waals surface area (Å²) in [5.41, 5.74) is 11.9. The number of rotatable bonds is 9. The summed E-state index contributed by atoms with van der Waals surface area (Å²) in [6.07, 6.45) is 0.0701. The number of esters is 1. The quantitative estimate of drug-likeness (QED) is 0.167. The predicted molar refractivity (Wildman–Crippen MR) is 156 cm³/mol. The van der Waals surface area contributed by atoms with Crippen molar-refractivity contribution in [1.82, 2.24) is 0 Å². The summed E-state index contributed by atoms with van der Waals surface area (Å²) in [6.45, 7) is 6.14. The molecule has 0 atom stereocenters. The Labute approximate surface area is 238 Å². The van der Waals surface area contributed by atoms with Gasteiger partial charge in [0.15, 0.2) is 0 Å². The number of aryl methyl sites for hydroxylation is 1. The molecule has 39 heavy (non-hydrogen) atoms. The average Bonchev–Trinajstić information content (AvgIpc) is 3.28. The van der Waals surface area contributed by atoms with Gasteiger partial charge in [0.2, 0.25) is 5.91 Å². The average molecular weight is 572 g/mol. The van der Waals surface area contributed by atoms with Crippen LogP contribution in [0.2, 0.25) is 0 Å². The Balaban J connectivity index is 0.00000134. The molecule has 9 heteroatoms. The highest BCUT2D eigenvalue weighted by atomic mass is 35.5. The summed E-state index contributed by atoms with van der Waals surface area (Å²) in [5, 5.41) is 3.93. The van der Waals surface area contributed by atoms with E-state index in [0.717, 1.165) is 39.0 Å². The molecule has 1 aromatic heterocycles. The predicted octanol–water partition coefficient (Wildman–Crippen LogP) is 6.93. The molecule has 0 aliphatic rings. The third kappa shape index (κ3) is 8.48. The van der Waals surface area contributed by atoms with Gasteiger partial charge in [-0.15, -0.1) is 23.2 Å². The van der Waals surface area contributed by atoms with Gasteiger partial charge in [0, 0.05) is 41.7 Å². The first-order valence-electron chi connectivity index (χ1n) is 12.4. The summed E-state index contributed by atoms with van der Waals surface area (Å²) in [5.74, 6) is 0.791. The lowest BCUT2D eigenvalue weighted by molar-refractivity contribution is -0.142. The minimum absolute atomic E-state index is 0.0701. The van der Waals surface area contributed by atoms with Crippen LogP contribution in [0.3, 0.4) is 0 Å². The number of benzene rings is 3. The van der Waals surface area contributed by atoms with Crippen LogP contribution in [0.1, 0.15) is 36.3 Å². The number of furan rings is 1. The van der Waals surface area contributed by atoms with Gasteiger partial charge in [-0.25, -0.2) is 0 Å². The van der Waals surface area contributed by atoms with Crippen LogP contribution in [0.4, 0.5) is 5.69 Å². The molecule has 0 fully saturated rings. The van der Waals surface area contributed by atoms with E-state index in [9.17, 15) is 9.59 Å². The van der Waals surface area contributed by atoms with Crippen molar-refractivity contribution in [1.29, 1.82) is 0 Å². The maximum Gasteiger partial charge on any atom is 0.310 e. The SMILES string of the molecule is CCOC(=O)Cc1ccc(NC(C)=O)cc1OCc1cc(-c2cccc(CN)c2)c2oc(C)cc2c1.ClCCl. The van der Waals surface area contributed by atoms with E-state index in [-0.39, 0.29) is 30.2 Å². The first kappa shape index (κ1) is 30.0. The first-order chi connectivity index (χ1) is 18.8. The number of alkyl halides is 2. The van der Waals surface area contributed by atoms with Crippen LogP contribution in [-0.4, -0.2) is 23.8 Å². The molecule has 3 N–H and O–H groups in total. The van der Waals surface area contributed by atoms with Crippen LogP contribution in [0.5, 0.6) is 5.75 Å². The zero-order chi connectivity index (χ0) is 28.4. The van der Waals surface area contributed by atoms with Gasteiger partial charge >= 0.3 is 5.97 Å². The molecule has 1 heterocycles. The fraction of sp³-hybridized carbons (Fsp3) is 0.267. The molecule has 0 aliphatic heterocycles. The standard InChI is InChI=1S/C29H30N2O5.CH2Cl2/c1-4-34-28(33)14-23-8-9-25(31-19(3)32)15-27(23)35-17-21-12-24-10-18(2)36-29(24)26(13-21)22-7-5-6-20(11-22)16-30;2-1-3/h5-13,15H,4,14,16-17,30H2,1-3H3,(H,31,32);1H2. The smallest absolute Gasteiger partial charge is 0.310 e. The van der Waals surface area contributed by atoms with Gasteiger partial charge in [-0.1, -0.05) is 24.3 Å². The summed E-state index contributed by atoms with van der Waals surface area (Å²) in [4.78, 5) is 23.7. The molecule has 1 amide bonds. The van der Waals surface area contributed by atoms with Gasteiger partial charge in [0.05, 0.1) is 18.4 Å². The molecule has 206 valence electrons. The monoisotopic (exact) mass is 570 g/mol. The van der Waals surface area contributed by atoms with Crippen LogP contribution in [0, 0.1) is 6.92 Å². The summed E-state index contributed by atoms with van der Waals surface area (Å²) in [6, 6.07) is 19.4. The highest BCUT2D eigenvalue weighted by molar-refractivity contribution is 6.40. The van der Waals surface area contributed by atoms with Crippen molar-refractivity contribution >= 4 is 51.7 Å². The summed E-state index contributed by atoms with van der Waals surface area (Å²) >= 11 is 9.53. The highest BCUT2D eigenvalue weighted by Gasteiger charge is 2.15. The minimum Gasteiger partial charge on any atom is -0.489 e. The van der Waals surface area contributed by atoms with Gasteiger partial charge in [-0.3, -0.25) is 9.59 Å². The highest BCUT2D eigenvalue weighted by Crippen LogP contribution is 2.34. The third-order valence-corrected chi connectivity index (χ3v) is 5.69. The van der Waals surface area contributed by atoms with E-state index in [1.807, 2.05) is 43.3 Å². The van der Waals surface area contributed by atoms with Crippen molar-refractivity contribution in [3.8, 4) is 16.9 Å². The Bertz CT molecular complexity index is 1430. The number of ether oxygens (including phenoxy) is 2. The Hall–Kier alpha value is -3.52. The molecule has 0 unspecified atom stereocenters. The van der Waals surface area contributed by atoms with Crippen molar-refractivity contribution in [3.63, 3.8) is 0 Å². The van der Waals surface area contributed by atoms with E-state index in [4.69, 9.17) is 42.8 Å². The maximum absolute atomic E-state index is 12.1. The molecule has 0 bridgehead atoms. The number of carbonyl (C=O) groups is 2. The Morgan fingerprint density at radius 3 is 2.49 bits per heavy atom. The second kappa shape index (κ2) is 14.6. The van der Waals surface area contributed by atoms with Gasteiger partial charge in [0.25, 0.3) is 0 Å². The lowest BCUT2D eigenvalue weighted by Crippen LogP contribution is -2.10. The summed E-state index contributed by atoms with van der Waals surface area (Å²) < 4.78 is 17.3. The Kier molecular flexibility index (Phi) is 11.2. The second-order valence-corrected chi connectivity index (χ2v) is 9.51. The van der Waals surface area contributed by atoms with Crippen molar-refractivity contribution in [2.45, 2.75) is 40.3 Å². The van der Waals surface area contributed by atoms with Crippen LogP contribution in [0.15, 0.2) is 65.1 Å². The number of nitrogens with two attached hydrogens (primary N) is 1. The zero-order valence-electron chi connectivity index (χ0n) is 22.2. The number of fused-ring (bicyclic) bond motifs is 1. The normalized spacial score (nSPS) is 10.5. The molecule has 0 saturated heterocycles. The lowest BCUT2D eigenvalue weighted by atomic mass is 9.99. The Morgan fingerprint density at radius 2 is 1.79 bits per heavy atom. The van der Waals surface area contributed by atoms with Crippen molar-refractivity contribution in [2.75, 3.05) is 17.3 Å². The van der Waals surface area contributed by atoms with E-state index < -0.39 is 0 Å². The number of nitrogens with one attached hydrogen (secondary N) is 1. The largest absolute Gasteiger partial charge is 0.489 e. The van der Waals surface area contributed by atoms with E-state index >= 15 is 0 Å². The van der Waals surface area contributed by atoms with E-state index in [2.05, 4.69) is 11.4 Å². The third-order valence-electron chi connectivity index (χ3n) is 5.69. The van der Waals surface area contributed by atoms with Crippen molar-refractivity contribution in [2.24, 2.45) is 5.73 Å². The van der Waals surface area contributed by atoms with Gasteiger partial charge in [0.1, 0.15) is 23.7 Å². The Morgan fingerprint density at radius 1 is 1.03 bits per heavy atom. The van der Waals surface area contributed by atoms with E-state index in [1.165, 1.54) is 6.92 Å². The molecule has 0 saturated carbocycles. The topological polar surface area (TPSA) is 104 Å². The van der Waals surface area contributed by atoms with Gasteiger partial charge in [-0.05, 0) is 60.9 Å². The van der Waals surface area contributed by atoms with Gasteiger partial charge in [-0.2, -0.15) is 0 Å². The van der Waals surface area contributed by atoms with E-state index in [0.29, 0.717) is 30.2 Å². The molecule has 0 radical (unpaired) electrons. The van der Waals surface area contributed by atoms with Crippen LogP contribution < -0.4 is 15.8 Å². The molecule has 0 spiro atoms. The number of anilines is 1. The fourth-order valence-electron chi connectivity index (χ4n) is 4.15. The molecule has 0 aliphatic carbocycles. The molecular formula is C30H32Cl2N2O5. The number of hydrogen-bond acceptors (Lipinski definition) is 6. The number of carbonyl (C=O) groups excluding carboxylic acids is 2. The molecule has 4 rings (SSSR count). The first-order valence-corrected chi connectivity index (χ1v) is 13.5. The minimum atomic E-state index is -0.341. The summed E-state index contributed by atoms with van der Waals surface area (Å²) in [7, 11) is 0. The van der Waals surface area contributed by atoms with E-state index in [1.54, 1.807) is 25.1 Å². The van der Waals surface area contributed by atoms with Crippen molar-refractivity contribution < 1.29 is 23.5 Å². The van der Waals surface area contributed by atoms with Crippen LogP contribution >= 0.6 is 23.2 Å². The fourth-order valence-corrected chi connectivity index (χ4v) is 4.15. The van der Waals surface area contributed by atoms with Gasteiger partial charge < -0.3 is 24.9 Å². The van der Waals surface area contributed by atoms with Crippen molar-refractivity contribution in [3.05, 3.63) is 83.1 Å². The van der Waals surface area contributed by atoms with Crippen LogP contribution in [0.25, 0.3) is 22.1 Å². The number of halogens is 2.